The minimum absolute atomic E-state index is 0.0209. The number of nitrogens with two attached hydrogens (primary N) is 1. The Morgan fingerprint density at radius 1 is 1.16 bits per heavy atom. The highest BCUT2D eigenvalue weighted by Crippen LogP contribution is 2.36. The number of halogens is 4. The van der Waals surface area contributed by atoms with E-state index in [1.165, 1.54) is 23.9 Å². The molecule has 0 aliphatic heterocycles. The van der Waals surface area contributed by atoms with Crippen molar-refractivity contribution in [2.75, 3.05) is 5.73 Å². The molecule has 3 aromatic heterocycles. The zero-order valence-corrected chi connectivity index (χ0v) is 16.5. The van der Waals surface area contributed by atoms with Crippen LogP contribution in [0, 0.1) is 17.7 Å². The average molecular weight is 445 g/mol. The minimum Gasteiger partial charge on any atom is -0.461 e. The maximum absolute atomic E-state index is 14.6. The summed E-state index contributed by atoms with van der Waals surface area (Å²) in [5, 5.41) is 15.1. The van der Waals surface area contributed by atoms with Crippen molar-refractivity contribution < 1.29 is 27.1 Å². The van der Waals surface area contributed by atoms with Crippen LogP contribution in [0.1, 0.15) is 30.2 Å². The number of anilines is 1. The largest absolute Gasteiger partial charge is 0.461 e. The van der Waals surface area contributed by atoms with E-state index >= 15 is 0 Å². The summed E-state index contributed by atoms with van der Waals surface area (Å²) in [6.07, 6.45) is -2.27. The Morgan fingerprint density at radius 2 is 1.91 bits per heavy atom. The van der Waals surface area contributed by atoms with E-state index < -0.39 is 28.7 Å². The number of alkyl halides is 3. The van der Waals surface area contributed by atoms with Gasteiger partial charge >= 0.3 is 6.18 Å². The highest BCUT2D eigenvalue weighted by atomic mass is 19.4. The molecule has 0 saturated carbocycles. The van der Waals surface area contributed by atoms with E-state index in [1.54, 1.807) is 12.1 Å². The molecule has 164 valence electrons. The third kappa shape index (κ3) is 3.76. The van der Waals surface area contributed by atoms with Gasteiger partial charge in [0.15, 0.2) is 22.8 Å². The van der Waals surface area contributed by atoms with Crippen LogP contribution in [0.2, 0.25) is 0 Å². The summed E-state index contributed by atoms with van der Waals surface area (Å²) >= 11 is 0. The number of nitrogens with zero attached hydrogens (tertiary/aromatic N) is 4. The highest BCUT2D eigenvalue weighted by Gasteiger charge is 2.38. The molecule has 1 aromatic carbocycles. The average Bonchev–Trinajstić information content (AvgIpc) is 3.41. The fraction of sp³-hybridized carbons (Fsp3) is 0.190. The fourth-order valence-corrected chi connectivity index (χ4v) is 3.07. The summed E-state index contributed by atoms with van der Waals surface area (Å²) in [6, 6.07) is 5.99. The Bertz CT molecular complexity index is 1350. The zero-order chi connectivity index (χ0) is 23.1. The molecule has 0 radical (unpaired) electrons. The first-order valence-corrected chi connectivity index (χ1v) is 9.31. The van der Waals surface area contributed by atoms with Gasteiger partial charge in [-0.15, -0.1) is 5.10 Å². The van der Waals surface area contributed by atoms with Crippen LogP contribution >= 0.6 is 0 Å². The predicted molar refractivity (Wildman–Crippen MR) is 105 cm³/mol. The number of nitrogen functional groups attached to an aromatic ring is 1. The third-order valence-corrected chi connectivity index (χ3v) is 4.75. The number of fused-ring (bicyclic) bond motifs is 1. The maximum Gasteiger partial charge on any atom is 0.419 e. The first kappa shape index (κ1) is 21.3. The lowest BCUT2D eigenvalue weighted by Crippen LogP contribution is -2.25. The van der Waals surface area contributed by atoms with Gasteiger partial charge in [0.25, 0.3) is 0 Å². The molecule has 7 nitrogen and oxygen atoms in total. The number of hydrogen-bond donors (Lipinski definition) is 2. The van der Waals surface area contributed by atoms with Crippen molar-refractivity contribution in [3.05, 3.63) is 65.4 Å². The molecule has 0 fully saturated rings. The van der Waals surface area contributed by atoms with Gasteiger partial charge in [-0.25, -0.2) is 18.9 Å². The molecule has 4 aromatic rings. The first-order valence-electron chi connectivity index (χ1n) is 9.31. The number of rotatable bonds is 3. The van der Waals surface area contributed by atoms with Crippen molar-refractivity contribution in [3.63, 3.8) is 0 Å². The molecule has 0 saturated heterocycles. The van der Waals surface area contributed by atoms with E-state index in [2.05, 4.69) is 26.9 Å². The van der Waals surface area contributed by atoms with E-state index in [9.17, 15) is 22.7 Å². The van der Waals surface area contributed by atoms with E-state index in [4.69, 9.17) is 10.2 Å². The second kappa shape index (κ2) is 7.65. The number of aliphatic hydroxyl groups is 1. The molecule has 3 N–H and O–H groups in total. The SMILES string of the molecule is CCC(O)(C#Cc1cn2nc(-c3ccco3)nc2c(N)n1)c1cccc(C(F)(F)F)c1F. The molecule has 32 heavy (non-hydrogen) atoms. The van der Waals surface area contributed by atoms with Crippen LogP contribution in [0.3, 0.4) is 0 Å². The molecule has 0 aliphatic carbocycles. The number of benzene rings is 1. The lowest BCUT2D eigenvalue weighted by atomic mass is 9.89. The summed E-state index contributed by atoms with van der Waals surface area (Å²) in [6.45, 7) is 1.46. The van der Waals surface area contributed by atoms with Crippen molar-refractivity contribution in [1.29, 1.82) is 0 Å². The summed E-state index contributed by atoms with van der Waals surface area (Å²) < 4.78 is 60.3. The molecule has 1 unspecified atom stereocenters. The summed E-state index contributed by atoms with van der Waals surface area (Å²) in [7, 11) is 0. The Kier molecular flexibility index (Phi) is 5.10. The summed E-state index contributed by atoms with van der Waals surface area (Å²) in [5.41, 5.74) is 1.93. The smallest absolute Gasteiger partial charge is 0.419 e. The van der Waals surface area contributed by atoms with Gasteiger partial charge in [-0.1, -0.05) is 25.0 Å². The Labute approximate surface area is 178 Å². The van der Waals surface area contributed by atoms with E-state index in [1.807, 2.05) is 0 Å². The van der Waals surface area contributed by atoms with Crippen molar-refractivity contribution in [2.24, 2.45) is 0 Å². The lowest BCUT2D eigenvalue weighted by molar-refractivity contribution is -0.140. The van der Waals surface area contributed by atoms with Gasteiger partial charge in [0.2, 0.25) is 5.82 Å². The Morgan fingerprint density at radius 3 is 2.56 bits per heavy atom. The van der Waals surface area contributed by atoms with Gasteiger partial charge in [-0.2, -0.15) is 13.2 Å². The highest BCUT2D eigenvalue weighted by molar-refractivity contribution is 5.64. The van der Waals surface area contributed by atoms with Crippen molar-refractivity contribution in [1.82, 2.24) is 19.6 Å². The van der Waals surface area contributed by atoms with Gasteiger partial charge in [-0.3, -0.25) is 0 Å². The van der Waals surface area contributed by atoms with Crippen LogP contribution in [0.25, 0.3) is 17.2 Å². The van der Waals surface area contributed by atoms with Crippen molar-refractivity contribution in [2.45, 2.75) is 25.1 Å². The van der Waals surface area contributed by atoms with Gasteiger partial charge in [-0.05, 0) is 30.5 Å². The van der Waals surface area contributed by atoms with Crippen LogP contribution in [-0.4, -0.2) is 24.7 Å². The van der Waals surface area contributed by atoms with Crippen LogP contribution in [-0.2, 0) is 11.8 Å². The number of aromatic nitrogens is 4. The molecule has 1 atom stereocenters. The second-order valence-electron chi connectivity index (χ2n) is 6.82. The van der Waals surface area contributed by atoms with Gasteiger partial charge in [0.05, 0.1) is 18.0 Å². The lowest BCUT2D eigenvalue weighted by Gasteiger charge is -2.23. The number of furan rings is 1. The summed E-state index contributed by atoms with van der Waals surface area (Å²) in [5.74, 6) is 4.03. The van der Waals surface area contributed by atoms with E-state index in [0.717, 1.165) is 12.1 Å². The molecule has 3 heterocycles. The predicted octanol–water partition coefficient (Wildman–Crippen LogP) is 3.77. The molecule has 11 heteroatoms. The Balaban J connectivity index is 1.76. The van der Waals surface area contributed by atoms with Crippen molar-refractivity contribution >= 4 is 11.5 Å². The van der Waals surface area contributed by atoms with Gasteiger partial charge in [0, 0.05) is 5.56 Å². The minimum atomic E-state index is -4.91. The van der Waals surface area contributed by atoms with Crippen LogP contribution in [0.4, 0.5) is 23.4 Å². The molecular formula is C21H15F4N5O2. The van der Waals surface area contributed by atoms with E-state index in [-0.39, 0.29) is 29.4 Å². The third-order valence-electron chi connectivity index (χ3n) is 4.75. The number of hydrogen-bond acceptors (Lipinski definition) is 6. The normalized spacial score (nSPS) is 13.6. The second-order valence-corrected chi connectivity index (χ2v) is 6.82. The summed E-state index contributed by atoms with van der Waals surface area (Å²) in [4.78, 5) is 8.30. The standard InChI is InChI=1S/C21H15F4N5O2/c1-2-20(31,13-5-3-6-14(16(13)22)21(23,24)25)9-8-12-11-30-19(17(26)27-12)28-18(29-30)15-7-4-10-32-15/h3-7,10-11,31H,2H2,1H3,(H2,26,27). The first-order chi connectivity index (χ1) is 15.1. The fourth-order valence-electron chi connectivity index (χ4n) is 3.07. The molecule has 0 spiro atoms. The van der Waals surface area contributed by atoms with Crippen LogP contribution in [0.5, 0.6) is 0 Å². The van der Waals surface area contributed by atoms with Gasteiger partial charge in [0.1, 0.15) is 11.5 Å². The zero-order valence-electron chi connectivity index (χ0n) is 16.5. The molecular weight excluding hydrogens is 430 g/mol. The van der Waals surface area contributed by atoms with E-state index in [0.29, 0.717) is 11.8 Å². The van der Waals surface area contributed by atoms with Gasteiger partial charge < -0.3 is 15.3 Å². The maximum atomic E-state index is 14.6. The topological polar surface area (TPSA) is 102 Å². The molecule has 0 bridgehead atoms. The monoisotopic (exact) mass is 445 g/mol. The van der Waals surface area contributed by atoms with Crippen LogP contribution < -0.4 is 5.73 Å². The Hall–Kier alpha value is -3.91. The molecule has 4 rings (SSSR count). The quantitative estimate of drug-likeness (QED) is 0.368. The van der Waals surface area contributed by atoms with Crippen molar-refractivity contribution in [3.8, 4) is 23.4 Å². The molecule has 0 aliphatic rings. The molecule has 0 amide bonds. The van der Waals surface area contributed by atoms with Crippen LogP contribution in [0.15, 0.2) is 47.2 Å².